The van der Waals surface area contributed by atoms with Gasteiger partial charge in [-0.05, 0) is 61.4 Å². The minimum Gasteiger partial charge on any atom is -0.484 e. The van der Waals surface area contributed by atoms with Gasteiger partial charge in [0.05, 0.1) is 4.90 Å². The Balaban J connectivity index is 1.56. The van der Waals surface area contributed by atoms with Gasteiger partial charge in [-0.15, -0.1) is 0 Å². The molecule has 1 aliphatic heterocycles. The summed E-state index contributed by atoms with van der Waals surface area (Å²) in [6, 6.07) is 10.5. The van der Waals surface area contributed by atoms with Crippen molar-refractivity contribution in [1.82, 2.24) is 9.21 Å². The maximum atomic E-state index is 12.9. The molecule has 0 spiro atoms. The van der Waals surface area contributed by atoms with Gasteiger partial charge >= 0.3 is 0 Å². The summed E-state index contributed by atoms with van der Waals surface area (Å²) in [7, 11) is -3.58. The normalized spacial score (nSPS) is 15.5. The second-order valence-electron chi connectivity index (χ2n) is 6.77. The number of ether oxygens (including phenoxy) is 1. The molecule has 6 nitrogen and oxygen atoms in total. The smallest absolute Gasteiger partial charge is 0.260 e. The maximum Gasteiger partial charge on any atom is 0.260 e. The monoisotopic (exact) mass is 406 g/mol. The zero-order valence-corrected chi connectivity index (χ0v) is 16.7. The zero-order chi connectivity index (χ0) is 20.3. The van der Waals surface area contributed by atoms with Gasteiger partial charge in [0.25, 0.3) is 5.91 Å². The van der Waals surface area contributed by atoms with Crippen LogP contribution in [0.1, 0.15) is 11.1 Å². The number of carbonyl (C=O) groups is 1. The van der Waals surface area contributed by atoms with E-state index in [2.05, 4.69) is 0 Å². The van der Waals surface area contributed by atoms with E-state index in [0.717, 1.165) is 11.1 Å². The molecule has 28 heavy (non-hydrogen) atoms. The summed E-state index contributed by atoms with van der Waals surface area (Å²) in [5.41, 5.74) is 1.96. The van der Waals surface area contributed by atoms with Gasteiger partial charge in [-0.1, -0.05) is 6.07 Å². The lowest BCUT2D eigenvalue weighted by molar-refractivity contribution is -0.134. The molecule has 1 saturated heterocycles. The molecule has 1 heterocycles. The van der Waals surface area contributed by atoms with Crippen LogP contribution in [0.5, 0.6) is 5.75 Å². The fourth-order valence-corrected chi connectivity index (χ4v) is 4.48. The van der Waals surface area contributed by atoms with E-state index in [-0.39, 0.29) is 36.3 Å². The Morgan fingerprint density at radius 1 is 1.00 bits per heavy atom. The quantitative estimate of drug-likeness (QED) is 0.765. The minimum absolute atomic E-state index is 0.171. The molecule has 0 radical (unpaired) electrons. The molecule has 0 atom stereocenters. The lowest BCUT2D eigenvalue weighted by Gasteiger charge is -2.34. The minimum atomic E-state index is -3.58. The van der Waals surface area contributed by atoms with Crippen LogP contribution in [0.3, 0.4) is 0 Å². The van der Waals surface area contributed by atoms with Gasteiger partial charge in [0.2, 0.25) is 10.0 Å². The topological polar surface area (TPSA) is 66.9 Å². The lowest BCUT2D eigenvalue weighted by Crippen LogP contribution is -2.51. The summed E-state index contributed by atoms with van der Waals surface area (Å²) in [5, 5.41) is 0. The average molecular weight is 406 g/mol. The van der Waals surface area contributed by atoms with Crippen molar-refractivity contribution in [1.29, 1.82) is 0 Å². The van der Waals surface area contributed by atoms with Crippen LogP contribution in [0, 0.1) is 19.7 Å². The highest BCUT2D eigenvalue weighted by Gasteiger charge is 2.30. The summed E-state index contributed by atoms with van der Waals surface area (Å²) in [6.45, 7) is 4.71. The highest BCUT2D eigenvalue weighted by Crippen LogP contribution is 2.20. The molecule has 0 aromatic heterocycles. The average Bonchev–Trinajstić information content (AvgIpc) is 2.69. The summed E-state index contributed by atoms with van der Waals surface area (Å²) >= 11 is 0. The van der Waals surface area contributed by atoms with Gasteiger partial charge in [-0.2, -0.15) is 4.31 Å². The Hall–Kier alpha value is -2.45. The van der Waals surface area contributed by atoms with Crippen molar-refractivity contribution >= 4 is 15.9 Å². The molecule has 1 amide bonds. The van der Waals surface area contributed by atoms with E-state index in [1.54, 1.807) is 23.1 Å². The second kappa shape index (κ2) is 8.28. The van der Waals surface area contributed by atoms with E-state index in [9.17, 15) is 17.6 Å². The number of sulfonamides is 1. The van der Waals surface area contributed by atoms with Crippen LogP contribution in [-0.2, 0) is 14.8 Å². The van der Waals surface area contributed by atoms with Crippen LogP contribution in [0.25, 0.3) is 0 Å². The first kappa shape index (κ1) is 20.3. The summed E-state index contributed by atoms with van der Waals surface area (Å²) in [4.78, 5) is 14.2. The number of amides is 1. The number of aryl methyl sites for hydroxylation is 2. The SMILES string of the molecule is Cc1ccc(S(=O)(=O)N2CCN(C(=O)COc3ccc(F)cc3)CC2)cc1C. The van der Waals surface area contributed by atoms with E-state index < -0.39 is 10.0 Å². The van der Waals surface area contributed by atoms with Crippen LogP contribution in [0.15, 0.2) is 47.4 Å². The number of benzene rings is 2. The van der Waals surface area contributed by atoms with Crippen molar-refractivity contribution in [2.45, 2.75) is 18.7 Å². The highest BCUT2D eigenvalue weighted by molar-refractivity contribution is 7.89. The summed E-state index contributed by atoms with van der Waals surface area (Å²) < 4.78 is 45.3. The third kappa shape index (κ3) is 4.51. The molecular weight excluding hydrogens is 383 g/mol. The Kier molecular flexibility index (Phi) is 6.00. The number of carbonyl (C=O) groups excluding carboxylic acids is 1. The van der Waals surface area contributed by atoms with Gasteiger partial charge in [-0.25, -0.2) is 12.8 Å². The predicted molar refractivity (Wildman–Crippen MR) is 103 cm³/mol. The highest BCUT2D eigenvalue weighted by atomic mass is 32.2. The number of piperazine rings is 1. The largest absolute Gasteiger partial charge is 0.484 e. The molecule has 0 saturated carbocycles. The summed E-state index contributed by atoms with van der Waals surface area (Å²) in [5.74, 6) is -0.196. The van der Waals surface area contributed by atoms with Crippen LogP contribution in [0.4, 0.5) is 4.39 Å². The first-order valence-electron chi connectivity index (χ1n) is 9.01. The number of hydrogen-bond donors (Lipinski definition) is 0. The number of rotatable bonds is 5. The standard InChI is InChI=1S/C20H23FN2O4S/c1-15-3-8-19(13-16(15)2)28(25,26)23-11-9-22(10-12-23)20(24)14-27-18-6-4-17(21)5-7-18/h3-8,13H,9-12,14H2,1-2H3. The van der Waals surface area contributed by atoms with Crippen molar-refractivity contribution in [2.24, 2.45) is 0 Å². The molecule has 1 aliphatic rings. The van der Waals surface area contributed by atoms with E-state index >= 15 is 0 Å². The zero-order valence-electron chi connectivity index (χ0n) is 15.9. The van der Waals surface area contributed by atoms with Crippen molar-refractivity contribution < 1.29 is 22.3 Å². The van der Waals surface area contributed by atoms with E-state index in [0.29, 0.717) is 18.8 Å². The second-order valence-corrected chi connectivity index (χ2v) is 8.71. The van der Waals surface area contributed by atoms with Gasteiger partial charge in [0.15, 0.2) is 6.61 Å². The molecule has 3 rings (SSSR count). The van der Waals surface area contributed by atoms with Crippen LogP contribution in [-0.4, -0.2) is 56.3 Å². The Morgan fingerprint density at radius 2 is 1.64 bits per heavy atom. The van der Waals surface area contributed by atoms with E-state index in [1.807, 2.05) is 13.8 Å². The molecule has 2 aromatic carbocycles. The van der Waals surface area contributed by atoms with Crippen LogP contribution < -0.4 is 4.74 Å². The lowest BCUT2D eigenvalue weighted by atomic mass is 10.1. The fourth-order valence-electron chi connectivity index (χ4n) is 2.97. The van der Waals surface area contributed by atoms with E-state index in [4.69, 9.17) is 4.74 Å². The molecule has 1 fully saturated rings. The molecule has 150 valence electrons. The number of hydrogen-bond acceptors (Lipinski definition) is 4. The molecule has 0 unspecified atom stereocenters. The van der Waals surface area contributed by atoms with Gasteiger partial charge in [0, 0.05) is 26.2 Å². The molecule has 0 N–H and O–H groups in total. The number of halogens is 1. The Labute approximate surface area is 164 Å². The van der Waals surface area contributed by atoms with Crippen LogP contribution >= 0.6 is 0 Å². The Bertz CT molecular complexity index is 953. The van der Waals surface area contributed by atoms with Gasteiger partial charge in [0.1, 0.15) is 11.6 Å². The first-order chi connectivity index (χ1) is 13.3. The van der Waals surface area contributed by atoms with Gasteiger partial charge < -0.3 is 9.64 Å². The van der Waals surface area contributed by atoms with Crippen LogP contribution in [0.2, 0.25) is 0 Å². The molecule has 2 aromatic rings. The van der Waals surface area contributed by atoms with Crippen molar-refractivity contribution in [3.05, 3.63) is 59.4 Å². The third-order valence-electron chi connectivity index (χ3n) is 4.88. The van der Waals surface area contributed by atoms with E-state index in [1.165, 1.54) is 28.6 Å². The van der Waals surface area contributed by atoms with Crippen molar-refractivity contribution in [3.8, 4) is 5.75 Å². The van der Waals surface area contributed by atoms with Crippen molar-refractivity contribution in [2.75, 3.05) is 32.8 Å². The molecule has 0 aliphatic carbocycles. The maximum absolute atomic E-state index is 12.9. The predicted octanol–water partition coefficient (Wildman–Crippen LogP) is 2.35. The fraction of sp³-hybridized carbons (Fsp3) is 0.350. The molecule has 8 heteroatoms. The Morgan fingerprint density at radius 3 is 2.25 bits per heavy atom. The molecular formula is C20H23FN2O4S. The third-order valence-corrected chi connectivity index (χ3v) is 6.78. The molecule has 0 bridgehead atoms. The summed E-state index contributed by atoms with van der Waals surface area (Å²) in [6.07, 6.45) is 0. The van der Waals surface area contributed by atoms with Gasteiger partial charge in [-0.3, -0.25) is 4.79 Å². The first-order valence-corrected chi connectivity index (χ1v) is 10.4. The number of nitrogens with zero attached hydrogens (tertiary/aromatic N) is 2. The van der Waals surface area contributed by atoms with Crippen molar-refractivity contribution in [3.63, 3.8) is 0 Å².